The van der Waals surface area contributed by atoms with Crippen LogP contribution in [0.15, 0.2) is 52.7 Å². The van der Waals surface area contributed by atoms with Crippen LogP contribution in [0.5, 0.6) is 5.75 Å². The number of anilines is 1. The predicted octanol–water partition coefficient (Wildman–Crippen LogP) is 3.65. The van der Waals surface area contributed by atoms with E-state index in [9.17, 15) is 24.8 Å². The van der Waals surface area contributed by atoms with Crippen molar-refractivity contribution in [3.05, 3.63) is 52.6 Å². The molecule has 0 amide bonds. The molecular formula is C20H22N4O7. The molecule has 2 aromatic carbocycles. The van der Waals surface area contributed by atoms with Gasteiger partial charge in [0.05, 0.1) is 23.8 Å². The van der Waals surface area contributed by atoms with Gasteiger partial charge in [0.1, 0.15) is 24.5 Å². The molecule has 0 aliphatic rings. The summed E-state index contributed by atoms with van der Waals surface area (Å²) in [5.41, 5.74) is 0.803. The van der Waals surface area contributed by atoms with Crippen LogP contribution in [0.3, 0.4) is 0 Å². The first-order chi connectivity index (χ1) is 14.8. The zero-order valence-corrected chi connectivity index (χ0v) is 17.1. The smallest absolute Gasteiger partial charge is 0.325 e. The standard InChI is InChI=1S/C20H22N4O7/c1-3-30-19(26)12-23(13-20(27)31-4-2)16-9-10-17(18(25)11-16)22-21-14-5-7-15(8-6-14)24(28)29/h5-11,25H,3-4,12-13H2,1-2H3. The van der Waals surface area contributed by atoms with Gasteiger partial charge in [-0.25, -0.2) is 0 Å². The number of rotatable bonds is 10. The van der Waals surface area contributed by atoms with Gasteiger partial charge in [-0.1, -0.05) is 0 Å². The Hall–Kier alpha value is -4.02. The summed E-state index contributed by atoms with van der Waals surface area (Å²) in [6.07, 6.45) is 0. The summed E-state index contributed by atoms with van der Waals surface area (Å²) < 4.78 is 9.86. The van der Waals surface area contributed by atoms with Crippen LogP contribution in [0.25, 0.3) is 0 Å². The van der Waals surface area contributed by atoms with E-state index in [2.05, 4.69) is 10.2 Å². The summed E-state index contributed by atoms with van der Waals surface area (Å²) in [7, 11) is 0. The van der Waals surface area contributed by atoms with Crippen molar-refractivity contribution in [2.24, 2.45) is 10.2 Å². The molecule has 31 heavy (non-hydrogen) atoms. The molecule has 0 fully saturated rings. The van der Waals surface area contributed by atoms with Crippen LogP contribution in [-0.2, 0) is 19.1 Å². The van der Waals surface area contributed by atoms with Crippen molar-refractivity contribution >= 4 is 34.7 Å². The van der Waals surface area contributed by atoms with Crippen LogP contribution in [0, 0.1) is 10.1 Å². The third kappa shape index (κ3) is 7.07. The third-order valence-electron chi connectivity index (χ3n) is 3.91. The van der Waals surface area contributed by atoms with E-state index < -0.39 is 16.9 Å². The summed E-state index contributed by atoms with van der Waals surface area (Å²) in [6, 6.07) is 9.79. The van der Waals surface area contributed by atoms with Gasteiger partial charge in [-0.05, 0) is 38.1 Å². The normalized spacial score (nSPS) is 10.6. The van der Waals surface area contributed by atoms with E-state index in [0.717, 1.165) is 0 Å². The number of nitrogens with zero attached hydrogens (tertiary/aromatic N) is 4. The number of nitro groups is 1. The molecule has 0 unspecified atom stereocenters. The number of phenolic OH excluding ortho intramolecular Hbond substituents is 1. The monoisotopic (exact) mass is 430 g/mol. The molecule has 0 aromatic heterocycles. The minimum Gasteiger partial charge on any atom is -0.506 e. The Bertz CT molecular complexity index is 941. The number of carbonyl (C=O) groups excluding carboxylic acids is 2. The van der Waals surface area contributed by atoms with Crippen molar-refractivity contribution in [3.8, 4) is 5.75 Å². The Kier molecular flexibility index (Phi) is 8.43. The quantitative estimate of drug-likeness (QED) is 0.260. The van der Waals surface area contributed by atoms with Crippen LogP contribution in [0.2, 0.25) is 0 Å². The second-order valence-electron chi connectivity index (χ2n) is 6.11. The van der Waals surface area contributed by atoms with Gasteiger partial charge in [-0.2, -0.15) is 5.11 Å². The van der Waals surface area contributed by atoms with Crippen molar-refractivity contribution in [2.75, 3.05) is 31.2 Å². The van der Waals surface area contributed by atoms with E-state index in [1.54, 1.807) is 19.9 Å². The lowest BCUT2D eigenvalue weighted by atomic mass is 10.2. The first-order valence-electron chi connectivity index (χ1n) is 9.39. The number of hydrogen-bond donors (Lipinski definition) is 1. The second kappa shape index (κ2) is 11.2. The maximum atomic E-state index is 11.9. The van der Waals surface area contributed by atoms with E-state index in [4.69, 9.17) is 9.47 Å². The van der Waals surface area contributed by atoms with E-state index >= 15 is 0 Å². The fourth-order valence-corrected chi connectivity index (χ4v) is 2.51. The number of nitro benzene ring substituents is 1. The van der Waals surface area contributed by atoms with E-state index in [1.165, 1.54) is 41.3 Å². The summed E-state index contributed by atoms with van der Waals surface area (Å²) in [5, 5.41) is 28.9. The minimum atomic E-state index is -0.534. The fraction of sp³-hybridized carbons (Fsp3) is 0.300. The maximum Gasteiger partial charge on any atom is 0.325 e. The molecule has 1 N–H and O–H groups in total. The van der Waals surface area contributed by atoms with E-state index in [0.29, 0.717) is 11.4 Å². The van der Waals surface area contributed by atoms with E-state index in [1.807, 2.05) is 0 Å². The first kappa shape index (κ1) is 23.3. The number of ether oxygens (including phenoxy) is 2. The van der Waals surface area contributed by atoms with Gasteiger partial charge in [0, 0.05) is 23.9 Å². The minimum absolute atomic E-state index is 0.0746. The van der Waals surface area contributed by atoms with Gasteiger partial charge in [0.2, 0.25) is 0 Å². The maximum absolute atomic E-state index is 11.9. The first-order valence-corrected chi connectivity index (χ1v) is 9.39. The van der Waals surface area contributed by atoms with Crippen LogP contribution in [0.1, 0.15) is 13.8 Å². The molecule has 11 nitrogen and oxygen atoms in total. The average Bonchev–Trinajstić information content (AvgIpc) is 2.73. The SMILES string of the molecule is CCOC(=O)CN(CC(=O)OCC)c1ccc(N=Nc2ccc([N+](=O)[O-])cc2)c(O)c1. The molecule has 0 saturated heterocycles. The number of esters is 2. The molecule has 0 aliphatic heterocycles. The van der Waals surface area contributed by atoms with Gasteiger partial charge < -0.3 is 19.5 Å². The molecule has 0 bridgehead atoms. The van der Waals surface area contributed by atoms with Gasteiger partial charge in [-0.15, -0.1) is 5.11 Å². The zero-order chi connectivity index (χ0) is 22.8. The molecule has 0 radical (unpaired) electrons. The summed E-state index contributed by atoms with van der Waals surface area (Å²) in [4.78, 5) is 35.4. The lowest BCUT2D eigenvalue weighted by Gasteiger charge is -2.23. The van der Waals surface area contributed by atoms with Crippen molar-refractivity contribution in [3.63, 3.8) is 0 Å². The average molecular weight is 430 g/mol. The highest BCUT2D eigenvalue weighted by Crippen LogP contribution is 2.32. The topological polar surface area (TPSA) is 144 Å². The second-order valence-corrected chi connectivity index (χ2v) is 6.11. The highest BCUT2D eigenvalue weighted by molar-refractivity contribution is 5.82. The van der Waals surface area contributed by atoms with Crippen LogP contribution < -0.4 is 4.90 Å². The van der Waals surface area contributed by atoms with Gasteiger partial charge in [0.15, 0.2) is 0 Å². The Labute approximate surface area is 178 Å². The van der Waals surface area contributed by atoms with Crippen molar-refractivity contribution in [1.29, 1.82) is 0 Å². The predicted molar refractivity (Wildman–Crippen MR) is 111 cm³/mol. The van der Waals surface area contributed by atoms with Crippen molar-refractivity contribution in [2.45, 2.75) is 13.8 Å². The largest absolute Gasteiger partial charge is 0.506 e. The van der Waals surface area contributed by atoms with Gasteiger partial charge in [0.25, 0.3) is 5.69 Å². The number of phenols is 1. The van der Waals surface area contributed by atoms with Crippen LogP contribution in [-0.4, -0.2) is 48.3 Å². The molecule has 164 valence electrons. The molecular weight excluding hydrogens is 408 g/mol. The molecule has 0 saturated carbocycles. The molecule has 11 heteroatoms. The number of azo groups is 1. The van der Waals surface area contributed by atoms with Crippen LogP contribution in [0.4, 0.5) is 22.7 Å². The lowest BCUT2D eigenvalue weighted by Crippen LogP contribution is -2.36. The molecule has 0 atom stereocenters. The number of aromatic hydroxyl groups is 1. The number of hydrogen-bond acceptors (Lipinski definition) is 10. The van der Waals surface area contributed by atoms with Crippen molar-refractivity contribution < 1.29 is 29.1 Å². The molecule has 0 spiro atoms. The molecule has 2 rings (SSSR count). The van der Waals surface area contributed by atoms with Gasteiger partial charge >= 0.3 is 11.9 Å². The Morgan fingerprint density at radius 2 is 1.58 bits per heavy atom. The Morgan fingerprint density at radius 1 is 1.00 bits per heavy atom. The Morgan fingerprint density at radius 3 is 2.06 bits per heavy atom. The summed E-state index contributed by atoms with van der Waals surface area (Å²) in [6.45, 7) is 3.30. The highest BCUT2D eigenvalue weighted by Gasteiger charge is 2.18. The highest BCUT2D eigenvalue weighted by atomic mass is 16.6. The Balaban J connectivity index is 2.20. The van der Waals surface area contributed by atoms with Crippen molar-refractivity contribution in [1.82, 2.24) is 0 Å². The molecule has 0 heterocycles. The lowest BCUT2D eigenvalue weighted by molar-refractivity contribution is -0.384. The number of non-ortho nitro benzene ring substituents is 1. The zero-order valence-electron chi connectivity index (χ0n) is 17.1. The molecule has 0 aliphatic carbocycles. The fourth-order valence-electron chi connectivity index (χ4n) is 2.51. The van der Waals surface area contributed by atoms with E-state index in [-0.39, 0.29) is 43.4 Å². The summed E-state index contributed by atoms with van der Waals surface area (Å²) in [5.74, 6) is -1.30. The summed E-state index contributed by atoms with van der Waals surface area (Å²) >= 11 is 0. The van der Waals surface area contributed by atoms with Crippen LogP contribution >= 0.6 is 0 Å². The van der Waals surface area contributed by atoms with Gasteiger partial charge in [-0.3, -0.25) is 19.7 Å². The molecule has 2 aromatic rings. The third-order valence-corrected chi connectivity index (χ3v) is 3.91. The number of benzene rings is 2. The number of carbonyl (C=O) groups is 2.